The van der Waals surface area contributed by atoms with E-state index in [2.05, 4.69) is 39.9 Å². The van der Waals surface area contributed by atoms with Crippen LogP contribution < -0.4 is 10.6 Å². The highest BCUT2D eigenvalue weighted by atomic mass is 127. The molecule has 0 spiro atoms. The zero-order valence-corrected chi connectivity index (χ0v) is 17.6. The van der Waals surface area contributed by atoms with Crippen LogP contribution in [0.1, 0.15) is 31.2 Å². The smallest absolute Gasteiger partial charge is 0.191 e. The van der Waals surface area contributed by atoms with Gasteiger partial charge in [-0.2, -0.15) is 0 Å². The molecule has 0 radical (unpaired) electrons. The first kappa shape index (κ1) is 21.2. The molecular weight excluding hydrogens is 437 g/mol. The predicted molar refractivity (Wildman–Crippen MR) is 111 cm³/mol. The summed E-state index contributed by atoms with van der Waals surface area (Å²) < 4.78 is 22.3. The number of nitrogens with one attached hydrogen (secondary N) is 2. The zero-order valence-electron chi connectivity index (χ0n) is 14.4. The van der Waals surface area contributed by atoms with Crippen molar-refractivity contribution in [2.75, 3.05) is 32.1 Å². The Balaban J connectivity index is 0.00000288. The van der Waals surface area contributed by atoms with E-state index in [1.54, 1.807) is 7.05 Å². The van der Waals surface area contributed by atoms with Gasteiger partial charge in [0.05, 0.1) is 5.75 Å². The first-order valence-electron chi connectivity index (χ1n) is 8.13. The van der Waals surface area contributed by atoms with Gasteiger partial charge in [-0.25, -0.2) is 8.42 Å². The molecule has 0 aromatic heterocycles. The average molecular weight is 465 g/mol. The normalized spacial score (nSPS) is 16.7. The second-order valence-electron chi connectivity index (χ2n) is 6.34. The predicted octanol–water partition coefficient (Wildman–Crippen LogP) is 2.33. The molecule has 24 heavy (non-hydrogen) atoms. The maximum atomic E-state index is 11.1. The molecule has 7 heteroatoms. The molecule has 0 aliphatic heterocycles. The highest BCUT2D eigenvalue weighted by Crippen LogP contribution is 2.43. The molecule has 0 amide bonds. The fraction of sp³-hybridized carbons (Fsp3) is 0.588. The van der Waals surface area contributed by atoms with E-state index in [9.17, 15) is 8.42 Å². The largest absolute Gasteiger partial charge is 0.356 e. The first-order chi connectivity index (χ1) is 11.0. The van der Waals surface area contributed by atoms with E-state index in [1.807, 2.05) is 6.07 Å². The number of guanidine groups is 1. The number of sulfone groups is 1. The highest BCUT2D eigenvalue weighted by Gasteiger charge is 2.38. The molecule has 0 heterocycles. The summed E-state index contributed by atoms with van der Waals surface area (Å²) in [5, 5.41) is 6.59. The van der Waals surface area contributed by atoms with Crippen molar-refractivity contribution in [1.82, 2.24) is 10.6 Å². The number of hydrogen-bond donors (Lipinski definition) is 2. The topological polar surface area (TPSA) is 70.6 Å². The van der Waals surface area contributed by atoms with Gasteiger partial charge in [-0.3, -0.25) is 4.99 Å². The third-order valence-corrected chi connectivity index (χ3v) is 5.53. The first-order valence-corrected chi connectivity index (χ1v) is 10.2. The maximum Gasteiger partial charge on any atom is 0.191 e. The van der Waals surface area contributed by atoms with Crippen molar-refractivity contribution in [3.63, 3.8) is 0 Å². The number of halogens is 1. The van der Waals surface area contributed by atoms with Crippen molar-refractivity contribution in [3.8, 4) is 0 Å². The van der Waals surface area contributed by atoms with E-state index in [4.69, 9.17) is 0 Å². The standard InChI is InChI=1S/C17H27N3O2S.HI/c1-18-16(19-12-7-13-23(2,21)22)20-14-17(10-6-11-17)15-8-4-3-5-9-15;/h3-5,8-9H,6-7,10-14H2,1-2H3,(H2,18,19,20);1H. The number of rotatable bonds is 7. The summed E-state index contributed by atoms with van der Waals surface area (Å²) in [4.78, 5) is 4.22. The molecule has 2 rings (SSSR count). The van der Waals surface area contributed by atoms with E-state index in [1.165, 1.54) is 31.1 Å². The van der Waals surface area contributed by atoms with E-state index in [-0.39, 0.29) is 35.1 Å². The highest BCUT2D eigenvalue weighted by molar-refractivity contribution is 14.0. The summed E-state index contributed by atoms with van der Waals surface area (Å²) in [5.41, 5.74) is 1.58. The molecular formula is C17H28IN3O2S. The maximum absolute atomic E-state index is 11.1. The van der Waals surface area contributed by atoms with Gasteiger partial charge in [0.1, 0.15) is 9.84 Å². The van der Waals surface area contributed by atoms with Gasteiger partial charge in [0.25, 0.3) is 0 Å². The number of nitrogens with zero attached hydrogens (tertiary/aromatic N) is 1. The van der Waals surface area contributed by atoms with Crippen molar-refractivity contribution in [2.45, 2.75) is 31.1 Å². The summed E-state index contributed by atoms with van der Waals surface area (Å²) >= 11 is 0. The van der Waals surface area contributed by atoms with Gasteiger partial charge in [0, 0.05) is 31.8 Å². The molecule has 1 saturated carbocycles. The molecule has 0 atom stereocenters. The van der Waals surface area contributed by atoms with Gasteiger partial charge in [0.15, 0.2) is 5.96 Å². The summed E-state index contributed by atoms with van der Waals surface area (Å²) in [6.07, 6.45) is 5.49. The molecule has 1 aromatic rings. The van der Waals surface area contributed by atoms with Gasteiger partial charge in [-0.1, -0.05) is 36.8 Å². The number of aliphatic imine (C=N–C) groups is 1. The minimum atomic E-state index is -2.90. The molecule has 0 bridgehead atoms. The van der Waals surface area contributed by atoms with Crippen molar-refractivity contribution < 1.29 is 8.42 Å². The summed E-state index contributed by atoms with van der Waals surface area (Å²) in [6.45, 7) is 1.45. The molecule has 1 aliphatic rings. The van der Waals surface area contributed by atoms with E-state index < -0.39 is 9.84 Å². The molecule has 0 unspecified atom stereocenters. The van der Waals surface area contributed by atoms with Gasteiger partial charge < -0.3 is 10.6 Å². The Kier molecular flexibility index (Phi) is 8.49. The Hall–Kier alpha value is -0.830. The van der Waals surface area contributed by atoms with Gasteiger partial charge >= 0.3 is 0 Å². The molecule has 1 aromatic carbocycles. The van der Waals surface area contributed by atoms with Crippen LogP contribution in [0.5, 0.6) is 0 Å². The Morgan fingerprint density at radius 2 is 1.88 bits per heavy atom. The van der Waals surface area contributed by atoms with Crippen LogP contribution in [0.15, 0.2) is 35.3 Å². The van der Waals surface area contributed by atoms with Crippen molar-refractivity contribution in [2.24, 2.45) is 4.99 Å². The minimum Gasteiger partial charge on any atom is -0.356 e. The SMILES string of the molecule is CN=C(NCCCS(C)(=O)=O)NCC1(c2ccccc2)CCC1.I. The van der Waals surface area contributed by atoms with Crippen LogP contribution in [-0.2, 0) is 15.3 Å². The van der Waals surface area contributed by atoms with Gasteiger partial charge in [-0.05, 0) is 24.8 Å². The van der Waals surface area contributed by atoms with Crippen LogP contribution in [0.25, 0.3) is 0 Å². The summed E-state index contributed by atoms with van der Waals surface area (Å²) in [6, 6.07) is 10.6. The Bertz CT molecular complexity index is 628. The fourth-order valence-corrected chi connectivity index (χ4v) is 3.65. The van der Waals surface area contributed by atoms with Gasteiger partial charge in [0.2, 0.25) is 0 Å². The molecule has 5 nitrogen and oxygen atoms in total. The Morgan fingerprint density at radius 3 is 2.38 bits per heavy atom. The van der Waals surface area contributed by atoms with Crippen LogP contribution in [0.4, 0.5) is 0 Å². The lowest BCUT2D eigenvalue weighted by Crippen LogP contribution is -2.49. The Labute approximate surface area is 162 Å². The zero-order chi connectivity index (χ0) is 16.8. The van der Waals surface area contributed by atoms with Crippen molar-refractivity contribution >= 4 is 39.8 Å². The molecule has 0 saturated heterocycles. The second-order valence-corrected chi connectivity index (χ2v) is 8.60. The third-order valence-electron chi connectivity index (χ3n) is 4.50. The third kappa shape index (κ3) is 6.23. The number of benzene rings is 1. The van der Waals surface area contributed by atoms with E-state index >= 15 is 0 Å². The van der Waals surface area contributed by atoms with Crippen LogP contribution in [-0.4, -0.2) is 46.5 Å². The molecule has 136 valence electrons. The quantitative estimate of drug-likeness (QED) is 0.281. The van der Waals surface area contributed by atoms with Crippen LogP contribution in [0.2, 0.25) is 0 Å². The Morgan fingerprint density at radius 1 is 1.21 bits per heavy atom. The average Bonchev–Trinajstić information content (AvgIpc) is 2.48. The van der Waals surface area contributed by atoms with Crippen molar-refractivity contribution in [1.29, 1.82) is 0 Å². The van der Waals surface area contributed by atoms with Crippen molar-refractivity contribution in [3.05, 3.63) is 35.9 Å². The molecule has 1 aliphatic carbocycles. The summed E-state index contributed by atoms with van der Waals surface area (Å²) in [7, 11) is -1.16. The van der Waals surface area contributed by atoms with Crippen LogP contribution in [0, 0.1) is 0 Å². The number of hydrogen-bond acceptors (Lipinski definition) is 3. The van der Waals surface area contributed by atoms with E-state index in [0.717, 1.165) is 12.5 Å². The lowest BCUT2D eigenvalue weighted by molar-refractivity contribution is 0.244. The fourth-order valence-electron chi connectivity index (χ4n) is 2.98. The van der Waals surface area contributed by atoms with E-state index in [0.29, 0.717) is 13.0 Å². The van der Waals surface area contributed by atoms with Gasteiger partial charge in [-0.15, -0.1) is 24.0 Å². The lowest BCUT2D eigenvalue weighted by Gasteiger charge is -2.43. The summed E-state index contributed by atoms with van der Waals surface area (Å²) in [5.74, 6) is 0.936. The molecule has 1 fully saturated rings. The minimum absolute atomic E-state index is 0. The van der Waals surface area contributed by atoms with Crippen LogP contribution >= 0.6 is 24.0 Å². The van der Waals surface area contributed by atoms with Crippen LogP contribution in [0.3, 0.4) is 0 Å². The monoisotopic (exact) mass is 465 g/mol. The second kappa shape index (κ2) is 9.60. The molecule has 2 N–H and O–H groups in total. The lowest BCUT2D eigenvalue weighted by atomic mass is 9.64.